The molecule has 33 atom stereocenters. The molecule has 5 aliphatic heterocycles. The second-order valence-electron chi connectivity index (χ2n) is 42.2. The van der Waals surface area contributed by atoms with Crippen molar-refractivity contribution >= 4 is 94.1 Å². The summed E-state index contributed by atoms with van der Waals surface area (Å²) >= 11 is 0. The molecular weight excluding hydrogens is 1960 g/mol. The minimum Gasteiger partial charge on any atom is -0.508 e. The van der Waals surface area contributed by atoms with Gasteiger partial charge in [0.25, 0.3) is 0 Å². The first-order valence-corrected chi connectivity index (χ1v) is 52.6. The molecule has 6 aliphatic rings. The number of aliphatic hydroxyl groups is 16. The summed E-state index contributed by atoms with van der Waals surface area (Å²) < 4.78 is 0. The van der Waals surface area contributed by atoms with Crippen LogP contribution in [0, 0.1) is 47.3 Å². The monoisotopic (exact) mass is 2130 g/mol. The first-order chi connectivity index (χ1) is 70.7. The summed E-state index contributed by atoms with van der Waals surface area (Å²) in [5.74, 6) is -22.8. The van der Waals surface area contributed by atoms with Gasteiger partial charge in [0.2, 0.25) is 76.8 Å². The lowest BCUT2D eigenvalue weighted by Crippen LogP contribution is -2.61. The van der Waals surface area contributed by atoms with Crippen molar-refractivity contribution in [2.75, 3.05) is 19.6 Å². The van der Waals surface area contributed by atoms with E-state index in [1.54, 1.807) is 0 Å². The van der Waals surface area contributed by atoms with Crippen molar-refractivity contribution < 1.29 is 169 Å². The number of Topliss-reactive ketones (excluding diaryl/α,β-unsaturated/α-hetero) is 3. The Morgan fingerprint density at radius 2 is 0.760 bits per heavy atom. The number of nitrogens with one attached hydrogen (secondary N) is 8. The zero-order chi connectivity index (χ0) is 112. The van der Waals surface area contributed by atoms with Gasteiger partial charge in [0.1, 0.15) is 90.0 Å². The van der Waals surface area contributed by atoms with E-state index < -0.39 is 341 Å². The highest BCUT2D eigenvalue weighted by Crippen LogP contribution is 2.40. The molecule has 13 amide bonds. The van der Waals surface area contributed by atoms with Crippen LogP contribution in [0.3, 0.4) is 0 Å². The summed E-state index contributed by atoms with van der Waals surface area (Å²) in [6.45, 7) is 14.1. The summed E-state index contributed by atoms with van der Waals surface area (Å²) in [4.78, 5) is 225. The molecule has 1 aliphatic carbocycles. The predicted molar refractivity (Wildman–Crippen MR) is 534 cm³/mol. The van der Waals surface area contributed by atoms with Crippen LogP contribution in [0.2, 0.25) is 0 Å². The van der Waals surface area contributed by atoms with E-state index in [-0.39, 0.29) is 54.7 Å². The number of hydrogen-bond acceptors (Lipinski definition) is 34. The molecule has 15 unspecified atom stereocenters. The van der Waals surface area contributed by atoms with E-state index in [2.05, 4.69) is 84.1 Å². The Kier molecular flexibility index (Phi) is 51.3. The van der Waals surface area contributed by atoms with Gasteiger partial charge in [-0.15, -0.1) is 0 Å². The van der Waals surface area contributed by atoms with Crippen LogP contribution in [0.25, 0.3) is 0 Å². The maximum atomic E-state index is 14.5. The number of unbranched alkanes of at least 4 members (excludes halogenated alkanes) is 10. The van der Waals surface area contributed by atoms with Gasteiger partial charge in [-0.2, -0.15) is 0 Å². The maximum Gasteiger partial charge on any atom is 0.248 e. The largest absolute Gasteiger partial charge is 0.508 e. The molecule has 47 nitrogen and oxygen atoms in total. The third kappa shape index (κ3) is 37.8. The topological polar surface area (TPSA) is 795 Å². The number of carbonyl (C=O) groups is 16. The van der Waals surface area contributed by atoms with E-state index in [1.165, 1.54) is 37.1 Å². The predicted octanol–water partition coefficient (Wildman–Crippen LogP) is -3.51. The summed E-state index contributed by atoms with van der Waals surface area (Å²) in [7, 11) is 0. The highest BCUT2D eigenvalue weighted by molar-refractivity contribution is 6.01. The number of carbonyl (C=O) groups excluding carboxylic acids is 16. The van der Waals surface area contributed by atoms with Crippen molar-refractivity contribution in [3.63, 3.8) is 0 Å². The molecule has 0 aromatic heterocycles. The summed E-state index contributed by atoms with van der Waals surface area (Å²) in [6, 6.07) is -7.49. The average molecular weight is 2130 g/mol. The zero-order valence-corrected chi connectivity index (χ0v) is 86.8. The van der Waals surface area contributed by atoms with E-state index >= 15 is 0 Å². The lowest BCUT2D eigenvalue weighted by molar-refractivity contribution is -0.150. The van der Waals surface area contributed by atoms with Crippen LogP contribution >= 0.6 is 0 Å². The molecule has 8 rings (SSSR count). The average Bonchev–Trinajstić information content (AvgIpc) is 1.62. The standard InChI is InChI=1S/C52H82N6O17.C51H81N7O17/c1-5-26(2)18-27(3)12-10-8-6-7-9-11-13-42(67)54-36-23-40(65)51(74)57-50(73)37-21-32(62)25-58(37)52(75)44(39(64)24-41(53)66)56-48(71)35(47(70)45(68)29-14-16-30(60)17-15-29)22-38(63)33-19-31(61)20-34(33)46(69)43(28(4)59)55-49(36)72;1-5-26(2)20-27(3)12-10-8-6-7-9-11-13-40(67)53-33-23-38(65)48(72)56-49(73)43-35(62)18-19-57(43)51(75)42(37(64)24-39(52)66)55-46(70)32(45(69)44(68)29-14-16-30(60)17-15-29)22-36(63)34-21-31(61)25-58(34)50(74)41(28(4)59)54-47(33)71/h14-17,26-28,31-37,39-40,43-45,47,51,59-62,64-65,68,70,74H,5-13,18-25H2,1-4H3,(H2,53,66)(H,54,67)(H,55,72)(H,56,71)(H,57,73);14-17,26-28,31-35,37-38,41-45,48,59-62,64-65,68-69,72H,5-13,18-25H2,1-4H3,(H2,52,66)(H,53,67)(H,54,71)(H,55,70)(H,56,73)/t26?,27?,28?,31-,32-,33-,34?,35?,36+,37+,39?,40-,43+,44+,45?,47?,51-;26?,27?,28?,31-,32?,33+,34+,35+,37?,38-,41+,42+,43+,44?,45?,48-/m11/s1. The number of rotatable bonds is 40. The number of aromatic hydroxyl groups is 2. The van der Waals surface area contributed by atoms with Crippen LogP contribution in [-0.4, -0.2) is 360 Å². The molecule has 5 saturated heterocycles. The van der Waals surface area contributed by atoms with Crippen molar-refractivity contribution in [1.82, 2.24) is 57.2 Å². The Morgan fingerprint density at radius 3 is 1.18 bits per heavy atom. The van der Waals surface area contributed by atoms with Gasteiger partial charge in [0.05, 0.1) is 91.8 Å². The zero-order valence-electron chi connectivity index (χ0n) is 86.8. The van der Waals surface area contributed by atoms with E-state index in [0.717, 1.165) is 120 Å². The third-order valence-electron chi connectivity index (χ3n) is 29.6. The first-order valence-electron chi connectivity index (χ1n) is 52.6. The van der Waals surface area contributed by atoms with Gasteiger partial charge in [-0.3, -0.25) is 76.7 Å². The molecule has 6 fully saturated rings. The summed E-state index contributed by atoms with van der Waals surface area (Å²) in [5, 5.41) is 217. The quantitative estimate of drug-likeness (QED) is 0.0288. The Morgan fingerprint density at radius 1 is 0.393 bits per heavy atom. The fourth-order valence-electron chi connectivity index (χ4n) is 20.5. The van der Waals surface area contributed by atoms with Crippen LogP contribution < -0.4 is 54.0 Å². The lowest BCUT2D eigenvalue weighted by atomic mass is 9.80. The number of benzene rings is 2. The second-order valence-corrected chi connectivity index (χ2v) is 42.2. The van der Waals surface area contributed by atoms with Crippen LogP contribution in [0.4, 0.5) is 0 Å². The molecule has 2 aromatic carbocycles. The summed E-state index contributed by atoms with van der Waals surface area (Å²) in [5.41, 5.74) is 10.5. The van der Waals surface area contributed by atoms with Crippen molar-refractivity contribution in [3.05, 3.63) is 59.7 Å². The molecule has 47 heteroatoms. The fraction of sp³-hybridized carbons (Fsp3) is 0.728. The number of nitrogens with zero attached hydrogens (tertiary/aromatic N) is 3. The van der Waals surface area contributed by atoms with Gasteiger partial charge >= 0.3 is 0 Å². The Balaban J connectivity index is 0.000000406. The molecule has 844 valence electrons. The Bertz CT molecular complexity index is 4630. The van der Waals surface area contributed by atoms with Crippen LogP contribution in [0.1, 0.15) is 278 Å². The van der Waals surface area contributed by atoms with Gasteiger partial charge in [0.15, 0.2) is 24.0 Å². The fourth-order valence-corrected chi connectivity index (χ4v) is 20.5. The number of amides is 13. The SMILES string of the molecule is CCC(C)CC(C)CCCCCCCCC(=O)N[C@H]1C[C@@H](O)[C@@H](O)NC(=O)[C@@H]2C[C@@H](O)CN2C(=O)[C@H](C(O)CC(N)=O)NC(=O)C(C(O)C(O)c2ccc(O)cc2)CC(=O)[C@@H]2C[C@@H](O)CC2C(=O)[C@H](C(C)O)NC1=O.CCC(C)CC(C)CCCCCCCCC(=O)N[C@H]1C[C@@H](O)[C@@H](O)NC(=O)[C@@H]2[C@@H](O)CCN2C(=O)[C@H](C(O)CC(N)=O)NC(=O)C(C(O)C(O)c2ccc(O)cc2)CC(=O)[C@@H]2C[C@@H](O)CN2C(=O)[C@H](C(C)O)NC1=O. The minimum atomic E-state index is -2.27. The Labute approximate surface area is 872 Å². The number of phenols is 2. The third-order valence-corrected chi connectivity index (χ3v) is 29.6. The number of hydrogen-bond donors (Lipinski definition) is 28. The number of ketones is 3. The number of primary amides is 2. The molecule has 150 heavy (non-hydrogen) atoms. The highest BCUT2D eigenvalue weighted by atomic mass is 16.4. The molecule has 30 N–H and O–H groups in total. The molecule has 0 radical (unpaired) electrons. The van der Waals surface area contributed by atoms with Gasteiger partial charge in [-0.25, -0.2) is 0 Å². The van der Waals surface area contributed by atoms with Crippen molar-refractivity contribution in [3.8, 4) is 11.5 Å². The smallest absolute Gasteiger partial charge is 0.248 e. The van der Waals surface area contributed by atoms with Gasteiger partial charge in [-0.1, -0.05) is 156 Å². The Hall–Kier alpha value is -10.5. The molecule has 1 saturated carbocycles. The van der Waals surface area contributed by atoms with Gasteiger partial charge < -0.3 is 161 Å². The van der Waals surface area contributed by atoms with E-state index in [4.69, 9.17) is 11.5 Å². The van der Waals surface area contributed by atoms with Crippen molar-refractivity contribution in [2.24, 2.45) is 58.8 Å². The maximum absolute atomic E-state index is 14.5. The van der Waals surface area contributed by atoms with E-state index in [9.17, 15) is 169 Å². The van der Waals surface area contributed by atoms with Crippen LogP contribution in [0.15, 0.2) is 48.5 Å². The molecule has 5 heterocycles. The van der Waals surface area contributed by atoms with Crippen LogP contribution in [0.5, 0.6) is 11.5 Å². The van der Waals surface area contributed by atoms with E-state index in [1.807, 2.05) is 0 Å². The van der Waals surface area contributed by atoms with Crippen molar-refractivity contribution in [1.29, 1.82) is 0 Å². The number of fused-ring (bicyclic) bond motifs is 4. The number of phenolic OH excluding ortho intramolecular Hbond substituents is 2. The van der Waals surface area contributed by atoms with E-state index in [0.29, 0.717) is 59.2 Å². The first kappa shape index (κ1) is 126. The molecular formula is C103H163N13O34. The summed E-state index contributed by atoms with van der Waals surface area (Å²) in [6.07, 6.45) is -21.5. The number of nitrogens with two attached hydrogens (primary N) is 2. The van der Waals surface area contributed by atoms with Crippen LogP contribution in [-0.2, 0) is 76.7 Å². The normalized spacial score (nSPS) is 29.6. The molecule has 2 aromatic rings. The second kappa shape index (κ2) is 60.8. The highest BCUT2D eigenvalue weighted by Gasteiger charge is 2.54. The molecule has 0 bridgehead atoms. The number of aliphatic hydroxyl groups excluding tert-OH is 16. The van der Waals surface area contributed by atoms with Crippen molar-refractivity contribution in [2.45, 2.75) is 407 Å². The van der Waals surface area contributed by atoms with Gasteiger partial charge in [0, 0.05) is 82.8 Å². The molecule has 0 spiro atoms. The van der Waals surface area contributed by atoms with Gasteiger partial charge in [-0.05, 0) is 118 Å². The lowest BCUT2D eigenvalue weighted by Gasteiger charge is -2.34. The minimum absolute atomic E-state index is 0.0599.